The maximum Gasteiger partial charge on any atom is 0.272 e. The molecule has 1 heterocycles. The quantitative estimate of drug-likeness (QED) is 0.648. The molecule has 2 atom stereocenters. The van der Waals surface area contributed by atoms with Crippen molar-refractivity contribution in [2.75, 3.05) is 0 Å². The molecule has 27 heavy (non-hydrogen) atoms. The van der Waals surface area contributed by atoms with E-state index < -0.39 is 0 Å². The van der Waals surface area contributed by atoms with E-state index in [-0.39, 0.29) is 5.91 Å². The normalized spacial score (nSPS) is 19.9. The van der Waals surface area contributed by atoms with Crippen LogP contribution in [-0.4, -0.2) is 15.7 Å². The third kappa shape index (κ3) is 2.90. The highest BCUT2D eigenvalue weighted by Gasteiger charge is 2.44. The summed E-state index contributed by atoms with van der Waals surface area (Å²) in [5, 5.41) is 7.83. The summed E-state index contributed by atoms with van der Waals surface area (Å²) in [6, 6.07) is 18.1. The van der Waals surface area contributed by atoms with Crippen molar-refractivity contribution < 1.29 is 4.79 Å². The Hall–Kier alpha value is -2.40. The van der Waals surface area contributed by atoms with E-state index in [2.05, 4.69) is 33.4 Å². The lowest BCUT2D eigenvalue weighted by Crippen LogP contribution is -2.24. The van der Waals surface area contributed by atoms with E-state index in [9.17, 15) is 4.79 Å². The standard InChI is InChI=1S/C22H20BrN3O/c23-17-8-10-18(11-9-17)26-21-16-7-6-15(12-16)19(21)20(25-26)22(27)24-13-14-4-2-1-3-5-14/h1-5,8-11,15-16H,6-7,12-13H2,(H,24,27)/t15-,16-/m0/s1. The number of halogens is 1. The second-order valence-electron chi connectivity index (χ2n) is 7.41. The molecule has 2 aliphatic carbocycles. The summed E-state index contributed by atoms with van der Waals surface area (Å²) in [7, 11) is 0. The Bertz CT molecular complexity index is 994. The Morgan fingerprint density at radius 1 is 1.07 bits per heavy atom. The van der Waals surface area contributed by atoms with Gasteiger partial charge >= 0.3 is 0 Å². The van der Waals surface area contributed by atoms with Crippen molar-refractivity contribution in [3.8, 4) is 5.69 Å². The molecule has 1 fully saturated rings. The maximum absolute atomic E-state index is 13.0. The van der Waals surface area contributed by atoms with E-state index >= 15 is 0 Å². The fourth-order valence-corrected chi connectivity index (χ4v) is 4.80. The van der Waals surface area contributed by atoms with Crippen LogP contribution in [0.2, 0.25) is 0 Å². The van der Waals surface area contributed by atoms with Gasteiger partial charge in [-0.05, 0) is 55.0 Å². The molecule has 0 saturated heterocycles. The third-order valence-corrected chi connectivity index (χ3v) is 6.30. The van der Waals surface area contributed by atoms with Crippen LogP contribution in [0.25, 0.3) is 5.69 Å². The number of benzene rings is 2. The molecule has 2 aromatic carbocycles. The maximum atomic E-state index is 13.0. The van der Waals surface area contributed by atoms with Crippen LogP contribution in [0.4, 0.5) is 0 Å². The third-order valence-electron chi connectivity index (χ3n) is 5.77. The van der Waals surface area contributed by atoms with E-state index in [1.807, 2.05) is 47.1 Å². The zero-order valence-electron chi connectivity index (χ0n) is 14.9. The molecule has 4 nitrogen and oxygen atoms in total. The number of nitrogens with one attached hydrogen (secondary N) is 1. The van der Waals surface area contributed by atoms with Crippen molar-refractivity contribution >= 4 is 21.8 Å². The molecular weight excluding hydrogens is 402 g/mol. The Morgan fingerprint density at radius 3 is 2.59 bits per heavy atom. The van der Waals surface area contributed by atoms with Crippen molar-refractivity contribution in [1.29, 1.82) is 0 Å². The predicted octanol–water partition coefficient (Wildman–Crippen LogP) is 4.93. The van der Waals surface area contributed by atoms with Gasteiger partial charge in [0.15, 0.2) is 5.69 Å². The number of carbonyl (C=O) groups is 1. The van der Waals surface area contributed by atoms with Crippen LogP contribution in [-0.2, 0) is 6.54 Å². The molecule has 1 N–H and O–H groups in total. The minimum atomic E-state index is -0.0708. The van der Waals surface area contributed by atoms with Crippen LogP contribution in [0.1, 0.15) is 58.4 Å². The fraction of sp³-hybridized carbons (Fsp3) is 0.273. The second kappa shape index (κ2) is 6.64. The van der Waals surface area contributed by atoms with E-state index in [1.54, 1.807) is 0 Å². The lowest BCUT2D eigenvalue weighted by Gasteiger charge is -2.14. The minimum absolute atomic E-state index is 0.0708. The molecule has 5 rings (SSSR count). The first-order valence-electron chi connectivity index (χ1n) is 9.41. The van der Waals surface area contributed by atoms with Gasteiger partial charge in [-0.2, -0.15) is 5.10 Å². The molecule has 3 aromatic rings. The molecule has 1 aromatic heterocycles. The van der Waals surface area contributed by atoms with Crippen LogP contribution < -0.4 is 5.32 Å². The SMILES string of the molecule is O=C(NCc1ccccc1)c1nn(-c2ccc(Br)cc2)c2c1[C@H]1CC[C@H]2C1. The number of carbonyl (C=O) groups excluding carboxylic acids is 1. The van der Waals surface area contributed by atoms with Gasteiger partial charge in [0, 0.05) is 22.5 Å². The number of amides is 1. The van der Waals surface area contributed by atoms with Crippen molar-refractivity contribution in [3.63, 3.8) is 0 Å². The van der Waals surface area contributed by atoms with Gasteiger partial charge in [0.1, 0.15) is 0 Å². The summed E-state index contributed by atoms with van der Waals surface area (Å²) in [6.07, 6.45) is 3.52. The minimum Gasteiger partial charge on any atom is -0.347 e. The Labute approximate surface area is 166 Å². The summed E-state index contributed by atoms with van der Waals surface area (Å²) in [6.45, 7) is 0.522. The molecule has 136 valence electrons. The van der Waals surface area contributed by atoms with Gasteiger partial charge < -0.3 is 5.32 Å². The number of hydrogen-bond donors (Lipinski definition) is 1. The topological polar surface area (TPSA) is 46.9 Å². The summed E-state index contributed by atoms with van der Waals surface area (Å²) in [5.41, 5.74) is 5.15. The van der Waals surface area contributed by atoms with Crippen LogP contribution in [0, 0.1) is 0 Å². The van der Waals surface area contributed by atoms with Crippen LogP contribution in [0.3, 0.4) is 0 Å². The highest BCUT2D eigenvalue weighted by Crippen LogP contribution is 2.54. The smallest absolute Gasteiger partial charge is 0.272 e. The van der Waals surface area contributed by atoms with E-state index in [4.69, 9.17) is 5.10 Å². The Kier molecular flexibility index (Phi) is 4.12. The largest absolute Gasteiger partial charge is 0.347 e. The Balaban J connectivity index is 1.50. The molecule has 0 unspecified atom stereocenters. The first-order valence-corrected chi connectivity index (χ1v) is 10.2. The first kappa shape index (κ1) is 16.8. The van der Waals surface area contributed by atoms with Gasteiger partial charge in [0.25, 0.3) is 5.91 Å². The lowest BCUT2D eigenvalue weighted by molar-refractivity contribution is 0.0944. The van der Waals surface area contributed by atoms with Gasteiger partial charge in [0.2, 0.25) is 0 Å². The zero-order chi connectivity index (χ0) is 18.4. The van der Waals surface area contributed by atoms with E-state index in [1.165, 1.54) is 24.1 Å². The van der Waals surface area contributed by atoms with Crippen molar-refractivity contribution in [3.05, 3.63) is 81.6 Å². The highest BCUT2D eigenvalue weighted by atomic mass is 79.9. The van der Waals surface area contributed by atoms with Gasteiger partial charge in [-0.1, -0.05) is 46.3 Å². The first-order chi connectivity index (χ1) is 13.2. The zero-order valence-corrected chi connectivity index (χ0v) is 16.4. The highest BCUT2D eigenvalue weighted by molar-refractivity contribution is 9.10. The van der Waals surface area contributed by atoms with Gasteiger partial charge in [-0.3, -0.25) is 4.79 Å². The van der Waals surface area contributed by atoms with Crippen molar-refractivity contribution in [1.82, 2.24) is 15.1 Å². The van der Waals surface area contributed by atoms with E-state index in [0.717, 1.165) is 22.1 Å². The molecule has 2 bridgehead atoms. The Morgan fingerprint density at radius 2 is 1.81 bits per heavy atom. The summed E-state index contributed by atoms with van der Waals surface area (Å²) in [4.78, 5) is 13.0. The van der Waals surface area contributed by atoms with Crippen LogP contribution in [0.15, 0.2) is 59.1 Å². The molecule has 5 heteroatoms. The molecule has 0 spiro atoms. The van der Waals surface area contributed by atoms with Gasteiger partial charge in [-0.25, -0.2) is 4.68 Å². The molecular formula is C22H20BrN3O. The fourth-order valence-electron chi connectivity index (χ4n) is 4.54. The molecule has 0 aliphatic heterocycles. The summed E-state index contributed by atoms with van der Waals surface area (Å²) in [5.74, 6) is 0.932. The summed E-state index contributed by atoms with van der Waals surface area (Å²) < 4.78 is 3.04. The number of rotatable bonds is 4. The van der Waals surface area contributed by atoms with Gasteiger partial charge in [-0.15, -0.1) is 0 Å². The lowest BCUT2D eigenvalue weighted by atomic mass is 9.95. The number of nitrogens with zero attached hydrogens (tertiary/aromatic N) is 2. The van der Waals surface area contributed by atoms with Crippen LogP contribution in [0.5, 0.6) is 0 Å². The van der Waals surface area contributed by atoms with Gasteiger partial charge in [0.05, 0.1) is 11.4 Å². The van der Waals surface area contributed by atoms with Crippen molar-refractivity contribution in [2.24, 2.45) is 0 Å². The second-order valence-corrected chi connectivity index (χ2v) is 8.33. The summed E-state index contributed by atoms with van der Waals surface area (Å²) >= 11 is 3.49. The average Bonchev–Trinajstić information content (AvgIpc) is 3.40. The predicted molar refractivity (Wildman–Crippen MR) is 108 cm³/mol. The molecule has 1 amide bonds. The number of hydrogen-bond acceptors (Lipinski definition) is 2. The van der Waals surface area contributed by atoms with Crippen molar-refractivity contribution in [2.45, 2.75) is 37.6 Å². The molecule has 1 saturated carbocycles. The average molecular weight is 422 g/mol. The van der Waals surface area contributed by atoms with Crippen LogP contribution >= 0.6 is 15.9 Å². The monoisotopic (exact) mass is 421 g/mol. The number of fused-ring (bicyclic) bond motifs is 5. The molecule has 0 radical (unpaired) electrons. The number of aromatic nitrogens is 2. The van der Waals surface area contributed by atoms with E-state index in [0.29, 0.717) is 24.1 Å². The molecule has 2 aliphatic rings.